The Bertz CT molecular complexity index is 1320. The summed E-state index contributed by atoms with van der Waals surface area (Å²) in [4.78, 5) is 23.7. The highest BCUT2D eigenvalue weighted by molar-refractivity contribution is 5.70. The van der Waals surface area contributed by atoms with Crippen LogP contribution in [0.3, 0.4) is 0 Å². The van der Waals surface area contributed by atoms with E-state index in [1.165, 1.54) is 12.7 Å². The van der Waals surface area contributed by atoms with Crippen LogP contribution < -0.4 is 31.0 Å². The fraction of sp³-hybridized carbons (Fsp3) is 0.185. The van der Waals surface area contributed by atoms with Crippen LogP contribution >= 0.6 is 0 Å². The van der Waals surface area contributed by atoms with E-state index in [2.05, 4.69) is 29.7 Å². The molecule has 0 fully saturated rings. The third-order valence-corrected chi connectivity index (χ3v) is 5.71. The minimum Gasteiger partial charge on any atom is -0.497 e. The van der Waals surface area contributed by atoms with Gasteiger partial charge in [-0.2, -0.15) is 0 Å². The van der Waals surface area contributed by atoms with E-state index in [4.69, 9.17) is 9.47 Å². The van der Waals surface area contributed by atoms with Gasteiger partial charge in [-0.05, 0) is 53.4 Å². The van der Waals surface area contributed by atoms with Gasteiger partial charge in [-0.15, -0.1) is 0 Å². The molecule has 168 valence electrons. The van der Waals surface area contributed by atoms with E-state index < -0.39 is 10.9 Å². The standard InChI is InChI=1S/C27H26N2O4/c1-4-17-8-5-6-11-22(17)29-23(18-12-14-21(32-2)15-13-18)19-9-7-10-20(16-19)28-24-25(30)26(31)27(24)33-3/h5-16,23,28-29H,4H2,1-3H3. The molecule has 0 aliphatic heterocycles. The number of hydrogen-bond acceptors (Lipinski definition) is 6. The Morgan fingerprint density at radius 1 is 0.818 bits per heavy atom. The monoisotopic (exact) mass is 442 g/mol. The van der Waals surface area contributed by atoms with Crippen molar-refractivity contribution in [3.8, 4) is 11.5 Å². The minimum atomic E-state index is -0.606. The number of ether oxygens (including phenoxy) is 2. The van der Waals surface area contributed by atoms with Crippen LogP contribution in [0.4, 0.5) is 17.1 Å². The van der Waals surface area contributed by atoms with Gasteiger partial charge < -0.3 is 20.1 Å². The third kappa shape index (κ3) is 4.46. The van der Waals surface area contributed by atoms with E-state index in [1.807, 2.05) is 60.7 Å². The van der Waals surface area contributed by atoms with Crippen LogP contribution in [-0.2, 0) is 6.42 Å². The van der Waals surface area contributed by atoms with Crippen LogP contribution in [-0.4, -0.2) is 14.2 Å². The van der Waals surface area contributed by atoms with Crippen molar-refractivity contribution in [2.24, 2.45) is 0 Å². The Kier molecular flexibility index (Phi) is 6.45. The van der Waals surface area contributed by atoms with Crippen LogP contribution in [0.2, 0.25) is 0 Å². The molecule has 6 nitrogen and oxygen atoms in total. The van der Waals surface area contributed by atoms with Crippen molar-refractivity contribution >= 4 is 17.1 Å². The maximum absolute atomic E-state index is 12.0. The van der Waals surface area contributed by atoms with E-state index in [1.54, 1.807) is 7.11 Å². The first-order valence-corrected chi connectivity index (χ1v) is 10.8. The van der Waals surface area contributed by atoms with Gasteiger partial charge in [0.05, 0.1) is 20.3 Å². The van der Waals surface area contributed by atoms with Crippen molar-refractivity contribution in [1.29, 1.82) is 0 Å². The van der Waals surface area contributed by atoms with Gasteiger partial charge >= 0.3 is 0 Å². The van der Waals surface area contributed by atoms with Gasteiger partial charge in [-0.25, -0.2) is 0 Å². The zero-order valence-corrected chi connectivity index (χ0v) is 18.8. The molecule has 0 bridgehead atoms. The molecule has 0 aromatic heterocycles. The zero-order chi connectivity index (χ0) is 23.4. The molecule has 33 heavy (non-hydrogen) atoms. The molecule has 6 heteroatoms. The van der Waals surface area contributed by atoms with E-state index >= 15 is 0 Å². The molecular weight excluding hydrogens is 416 g/mol. The van der Waals surface area contributed by atoms with Gasteiger partial charge in [0.1, 0.15) is 11.4 Å². The average molecular weight is 443 g/mol. The largest absolute Gasteiger partial charge is 0.497 e. The first-order valence-electron chi connectivity index (χ1n) is 10.8. The molecule has 0 saturated heterocycles. The summed E-state index contributed by atoms with van der Waals surface area (Å²) in [6.45, 7) is 2.13. The SMILES string of the molecule is CCc1ccccc1NC(c1ccc(OC)cc1)c1cccc(Nc2c(OC)c(=O)c2=O)c1. The molecule has 0 amide bonds. The number of nitrogens with one attached hydrogen (secondary N) is 2. The molecule has 1 atom stereocenters. The van der Waals surface area contributed by atoms with Gasteiger partial charge in [0.25, 0.3) is 10.9 Å². The predicted octanol–water partition coefficient (Wildman–Crippen LogP) is 4.81. The molecule has 0 aliphatic rings. The zero-order valence-electron chi connectivity index (χ0n) is 18.8. The molecule has 4 aromatic rings. The summed E-state index contributed by atoms with van der Waals surface area (Å²) >= 11 is 0. The van der Waals surface area contributed by atoms with Crippen molar-refractivity contribution in [2.45, 2.75) is 19.4 Å². The maximum Gasteiger partial charge on any atom is 0.272 e. The van der Waals surface area contributed by atoms with E-state index in [0.29, 0.717) is 5.69 Å². The van der Waals surface area contributed by atoms with Gasteiger partial charge in [0, 0.05) is 11.4 Å². The second kappa shape index (κ2) is 9.61. The minimum absolute atomic E-state index is 0.0621. The van der Waals surface area contributed by atoms with Crippen molar-refractivity contribution in [3.05, 3.63) is 110 Å². The number of benzene rings is 3. The normalized spacial score (nSPS) is 11.7. The number of anilines is 3. The summed E-state index contributed by atoms with van der Waals surface area (Å²) in [5, 5.41) is 6.73. The first kappa shape index (κ1) is 22.1. The summed E-state index contributed by atoms with van der Waals surface area (Å²) < 4.78 is 10.4. The highest BCUT2D eigenvalue weighted by Gasteiger charge is 2.22. The number of para-hydroxylation sites is 1. The lowest BCUT2D eigenvalue weighted by Crippen LogP contribution is -2.34. The Balaban J connectivity index is 1.72. The van der Waals surface area contributed by atoms with E-state index in [0.717, 1.165) is 29.0 Å². The quantitative estimate of drug-likeness (QED) is 0.363. The lowest BCUT2D eigenvalue weighted by atomic mass is 9.97. The fourth-order valence-electron chi connectivity index (χ4n) is 3.90. The lowest BCUT2D eigenvalue weighted by Gasteiger charge is -2.24. The summed E-state index contributed by atoms with van der Waals surface area (Å²) in [6.07, 6.45) is 0.907. The van der Waals surface area contributed by atoms with Gasteiger partial charge in [0.2, 0.25) is 0 Å². The molecule has 0 radical (unpaired) electrons. The van der Waals surface area contributed by atoms with Crippen LogP contribution in [0.1, 0.15) is 29.7 Å². The average Bonchev–Trinajstić information content (AvgIpc) is 2.87. The van der Waals surface area contributed by atoms with Crippen LogP contribution in [0.25, 0.3) is 0 Å². The second-order valence-corrected chi connectivity index (χ2v) is 7.68. The van der Waals surface area contributed by atoms with Crippen molar-refractivity contribution in [2.75, 3.05) is 24.9 Å². The molecule has 4 aromatic carbocycles. The van der Waals surface area contributed by atoms with E-state index in [-0.39, 0.29) is 17.5 Å². The van der Waals surface area contributed by atoms with Crippen LogP contribution in [0.15, 0.2) is 82.4 Å². The smallest absolute Gasteiger partial charge is 0.272 e. The molecular formula is C27H26N2O4. The molecule has 0 heterocycles. The van der Waals surface area contributed by atoms with Gasteiger partial charge in [-0.3, -0.25) is 9.59 Å². The lowest BCUT2D eigenvalue weighted by molar-refractivity contribution is 0.408. The number of hydrogen-bond donors (Lipinski definition) is 2. The third-order valence-electron chi connectivity index (χ3n) is 5.71. The van der Waals surface area contributed by atoms with Gasteiger partial charge in [-0.1, -0.05) is 49.4 Å². The Morgan fingerprint density at radius 2 is 1.58 bits per heavy atom. The highest BCUT2D eigenvalue weighted by Crippen LogP contribution is 2.32. The topological polar surface area (TPSA) is 76.7 Å². The summed E-state index contributed by atoms with van der Waals surface area (Å²) in [6, 6.07) is 23.8. The molecule has 0 spiro atoms. The number of methoxy groups -OCH3 is 2. The number of rotatable bonds is 9. The Hall–Kier alpha value is -4.06. The first-order chi connectivity index (χ1) is 16.0. The molecule has 0 aliphatic carbocycles. The predicted molar refractivity (Wildman–Crippen MR) is 132 cm³/mol. The molecule has 0 saturated carbocycles. The highest BCUT2D eigenvalue weighted by atomic mass is 16.5. The molecule has 4 rings (SSSR count). The van der Waals surface area contributed by atoms with Crippen molar-refractivity contribution < 1.29 is 9.47 Å². The molecule has 2 N–H and O–H groups in total. The van der Waals surface area contributed by atoms with E-state index in [9.17, 15) is 9.59 Å². The second-order valence-electron chi connectivity index (χ2n) is 7.68. The van der Waals surface area contributed by atoms with Crippen LogP contribution in [0.5, 0.6) is 11.5 Å². The van der Waals surface area contributed by atoms with Crippen molar-refractivity contribution in [3.63, 3.8) is 0 Å². The van der Waals surface area contributed by atoms with Gasteiger partial charge in [0.15, 0.2) is 5.75 Å². The van der Waals surface area contributed by atoms with Crippen LogP contribution in [0, 0.1) is 0 Å². The Morgan fingerprint density at radius 3 is 2.27 bits per heavy atom. The fourth-order valence-corrected chi connectivity index (χ4v) is 3.90. The van der Waals surface area contributed by atoms with Crippen molar-refractivity contribution in [1.82, 2.24) is 0 Å². The molecule has 1 unspecified atom stereocenters. The Labute approximate surface area is 192 Å². The summed E-state index contributed by atoms with van der Waals surface area (Å²) in [5.41, 5.74) is 4.04. The summed E-state index contributed by atoms with van der Waals surface area (Å²) in [5.74, 6) is 0.848. The summed E-state index contributed by atoms with van der Waals surface area (Å²) in [7, 11) is 3.03. The number of aryl methyl sites for hydroxylation is 1. The maximum atomic E-state index is 12.0.